The maximum absolute atomic E-state index is 12.4. The lowest BCUT2D eigenvalue weighted by Gasteiger charge is -2.14. The second kappa shape index (κ2) is 8.13. The summed E-state index contributed by atoms with van der Waals surface area (Å²) >= 11 is 6.22. The van der Waals surface area contributed by atoms with E-state index in [1.54, 1.807) is 6.20 Å². The molecule has 1 aliphatic heterocycles. The zero-order valence-electron chi connectivity index (χ0n) is 13.4. The Morgan fingerprint density at radius 2 is 2.12 bits per heavy atom. The first-order valence-electron chi connectivity index (χ1n) is 8.03. The molecule has 0 bridgehead atoms. The summed E-state index contributed by atoms with van der Waals surface area (Å²) in [6.45, 7) is 2.60. The molecule has 0 amide bonds. The SMILES string of the molecule is O=c1c(Cl)c(NCCC2=CCOCC2)cnn1Cc1ccccc1. The average Bonchev–Trinajstić information content (AvgIpc) is 2.63. The van der Waals surface area contributed by atoms with Gasteiger partial charge in [0.05, 0.1) is 31.6 Å². The van der Waals surface area contributed by atoms with Crippen LogP contribution in [0.25, 0.3) is 0 Å². The summed E-state index contributed by atoms with van der Waals surface area (Å²) in [7, 11) is 0. The van der Waals surface area contributed by atoms with Crippen molar-refractivity contribution in [2.75, 3.05) is 25.1 Å². The second-order valence-corrected chi connectivity index (χ2v) is 6.06. The van der Waals surface area contributed by atoms with Gasteiger partial charge in [0.2, 0.25) is 0 Å². The third-order valence-electron chi connectivity index (χ3n) is 3.98. The monoisotopic (exact) mass is 345 g/mol. The number of nitrogens with one attached hydrogen (secondary N) is 1. The summed E-state index contributed by atoms with van der Waals surface area (Å²) in [6.07, 6.45) is 5.60. The van der Waals surface area contributed by atoms with Gasteiger partial charge in [0.15, 0.2) is 0 Å². The molecular formula is C18H20ClN3O2. The Morgan fingerprint density at radius 3 is 2.88 bits per heavy atom. The lowest BCUT2D eigenvalue weighted by molar-refractivity contribution is 0.153. The van der Waals surface area contributed by atoms with E-state index in [9.17, 15) is 4.79 Å². The van der Waals surface area contributed by atoms with Crippen molar-refractivity contribution in [3.8, 4) is 0 Å². The molecule has 24 heavy (non-hydrogen) atoms. The molecule has 1 aromatic heterocycles. The van der Waals surface area contributed by atoms with Crippen LogP contribution >= 0.6 is 11.6 Å². The van der Waals surface area contributed by atoms with E-state index in [1.165, 1.54) is 10.3 Å². The fraction of sp³-hybridized carbons (Fsp3) is 0.333. The molecule has 3 rings (SSSR count). The largest absolute Gasteiger partial charge is 0.382 e. The number of hydrogen-bond acceptors (Lipinski definition) is 4. The molecule has 1 N–H and O–H groups in total. The summed E-state index contributed by atoms with van der Waals surface area (Å²) in [5.41, 5.74) is 2.68. The number of anilines is 1. The standard InChI is InChI=1S/C18H20ClN3O2/c19-17-16(20-9-6-14-7-10-24-11-8-14)12-21-22(18(17)23)13-15-4-2-1-3-5-15/h1-5,7,12,20H,6,8-11,13H2. The first-order chi connectivity index (χ1) is 11.7. The van der Waals surface area contributed by atoms with Crippen molar-refractivity contribution in [1.29, 1.82) is 0 Å². The Hall–Kier alpha value is -2.11. The van der Waals surface area contributed by atoms with Gasteiger partial charge < -0.3 is 10.1 Å². The summed E-state index contributed by atoms with van der Waals surface area (Å²) in [5, 5.41) is 7.61. The molecule has 0 aliphatic carbocycles. The van der Waals surface area contributed by atoms with Gasteiger partial charge in [0.1, 0.15) is 5.02 Å². The molecule has 0 radical (unpaired) electrons. The van der Waals surface area contributed by atoms with Crippen LogP contribution in [0.4, 0.5) is 5.69 Å². The van der Waals surface area contributed by atoms with E-state index < -0.39 is 0 Å². The molecule has 126 valence electrons. The second-order valence-electron chi connectivity index (χ2n) is 5.68. The normalized spacial score (nSPS) is 14.3. The van der Waals surface area contributed by atoms with Crippen LogP contribution in [0, 0.1) is 0 Å². The predicted molar refractivity (Wildman–Crippen MR) is 95.7 cm³/mol. The molecule has 1 aliphatic rings. The third-order valence-corrected chi connectivity index (χ3v) is 4.34. The van der Waals surface area contributed by atoms with Gasteiger partial charge >= 0.3 is 0 Å². The fourth-order valence-electron chi connectivity index (χ4n) is 2.61. The molecule has 0 atom stereocenters. The van der Waals surface area contributed by atoms with Gasteiger partial charge in [0, 0.05) is 6.54 Å². The van der Waals surface area contributed by atoms with Gasteiger partial charge in [-0.2, -0.15) is 5.10 Å². The lowest BCUT2D eigenvalue weighted by Crippen LogP contribution is -2.25. The number of benzene rings is 1. The van der Waals surface area contributed by atoms with Crippen molar-refractivity contribution in [2.24, 2.45) is 0 Å². The first-order valence-corrected chi connectivity index (χ1v) is 8.41. The van der Waals surface area contributed by atoms with Crippen molar-refractivity contribution in [3.63, 3.8) is 0 Å². The molecule has 1 aromatic carbocycles. The molecule has 0 unspecified atom stereocenters. The Bertz CT molecular complexity index is 772. The Balaban J connectivity index is 1.64. The highest BCUT2D eigenvalue weighted by Crippen LogP contribution is 2.17. The fourth-order valence-corrected chi connectivity index (χ4v) is 2.82. The molecular weight excluding hydrogens is 326 g/mol. The van der Waals surface area contributed by atoms with Gasteiger partial charge in [0.25, 0.3) is 5.56 Å². The average molecular weight is 346 g/mol. The lowest BCUT2D eigenvalue weighted by atomic mass is 10.1. The van der Waals surface area contributed by atoms with Gasteiger partial charge in [-0.25, -0.2) is 4.68 Å². The number of ether oxygens (including phenoxy) is 1. The van der Waals surface area contributed by atoms with Crippen LogP contribution < -0.4 is 10.9 Å². The maximum Gasteiger partial charge on any atom is 0.287 e. The van der Waals surface area contributed by atoms with E-state index in [-0.39, 0.29) is 10.6 Å². The third kappa shape index (κ3) is 4.24. The van der Waals surface area contributed by atoms with E-state index in [1.807, 2.05) is 30.3 Å². The van der Waals surface area contributed by atoms with Crippen LogP contribution in [0.3, 0.4) is 0 Å². The van der Waals surface area contributed by atoms with Crippen LogP contribution in [0.1, 0.15) is 18.4 Å². The summed E-state index contributed by atoms with van der Waals surface area (Å²) in [6, 6.07) is 9.71. The first kappa shape index (κ1) is 16.7. The van der Waals surface area contributed by atoms with Crippen molar-refractivity contribution in [3.05, 3.63) is 69.1 Å². The van der Waals surface area contributed by atoms with Crippen LogP contribution in [-0.4, -0.2) is 29.5 Å². The zero-order chi connectivity index (χ0) is 16.8. The van der Waals surface area contributed by atoms with E-state index in [0.29, 0.717) is 18.8 Å². The molecule has 0 spiro atoms. The highest BCUT2D eigenvalue weighted by atomic mass is 35.5. The van der Waals surface area contributed by atoms with Crippen LogP contribution in [0.5, 0.6) is 0 Å². The van der Waals surface area contributed by atoms with Gasteiger partial charge in [-0.05, 0) is 18.4 Å². The van der Waals surface area contributed by atoms with E-state index >= 15 is 0 Å². The van der Waals surface area contributed by atoms with Crippen LogP contribution in [-0.2, 0) is 11.3 Å². The van der Waals surface area contributed by atoms with Gasteiger partial charge in [-0.15, -0.1) is 0 Å². The minimum Gasteiger partial charge on any atom is -0.382 e. The number of aromatic nitrogens is 2. The van der Waals surface area contributed by atoms with Crippen molar-refractivity contribution in [1.82, 2.24) is 9.78 Å². The van der Waals surface area contributed by atoms with Crippen LogP contribution in [0.15, 0.2) is 53.0 Å². The van der Waals surface area contributed by atoms with Gasteiger partial charge in [-0.1, -0.05) is 53.6 Å². The van der Waals surface area contributed by atoms with Crippen molar-refractivity contribution >= 4 is 17.3 Å². The molecule has 5 nitrogen and oxygen atoms in total. The number of nitrogens with zero attached hydrogens (tertiary/aromatic N) is 2. The highest BCUT2D eigenvalue weighted by molar-refractivity contribution is 6.32. The quantitative estimate of drug-likeness (QED) is 0.817. The minimum atomic E-state index is -0.282. The molecule has 0 saturated heterocycles. The topological polar surface area (TPSA) is 56.1 Å². The van der Waals surface area contributed by atoms with Crippen molar-refractivity contribution < 1.29 is 4.74 Å². The summed E-state index contributed by atoms with van der Waals surface area (Å²) in [5.74, 6) is 0. The van der Waals surface area contributed by atoms with E-state index in [2.05, 4.69) is 16.5 Å². The minimum absolute atomic E-state index is 0.182. The molecule has 6 heteroatoms. The maximum atomic E-state index is 12.4. The molecule has 0 fully saturated rings. The smallest absolute Gasteiger partial charge is 0.287 e. The Kier molecular flexibility index (Phi) is 5.67. The molecule has 2 heterocycles. The Morgan fingerprint density at radius 1 is 1.29 bits per heavy atom. The number of halogens is 1. The highest BCUT2D eigenvalue weighted by Gasteiger charge is 2.10. The molecule has 0 saturated carbocycles. The van der Waals surface area contributed by atoms with Gasteiger partial charge in [-0.3, -0.25) is 4.79 Å². The number of rotatable bonds is 6. The summed E-state index contributed by atoms with van der Waals surface area (Å²) in [4.78, 5) is 12.4. The van der Waals surface area contributed by atoms with E-state index in [0.717, 1.165) is 31.6 Å². The molecule has 2 aromatic rings. The number of hydrogen-bond donors (Lipinski definition) is 1. The van der Waals surface area contributed by atoms with Crippen molar-refractivity contribution in [2.45, 2.75) is 19.4 Å². The van der Waals surface area contributed by atoms with E-state index in [4.69, 9.17) is 16.3 Å². The zero-order valence-corrected chi connectivity index (χ0v) is 14.1. The Labute approximate surface area is 145 Å². The van der Waals surface area contributed by atoms with Crippen LogP contribution in [0.2, 0.25) is 5.02 Å². The summed E-state index contributed by atoms with van der Waals surface area (Å²) < 4.78 is 6.67. The predicted octanol–water partition coefficient (Wildman–Crippen LogP) is 3.09.